The first-order chi connectivity index (χ1) is 12.4. The van der Waals surface area contributed by atoms with Gasteiger partial charge < -0.3 is 9.47 Å². The Morgan fingerprint density at radius 3 is 2.33 bits per heavy atom. The first kappa shape index (κ1) is 19.4. The van der Waals surface area contributed by atoms with Gasteiger partial charge in [0.2, 0.25) is 5.91 Å². The molecule has 10 heteroatoms. The average Bonchev–Trinajstić information content (AvgIpc) is 3.33. The number of hydrogen-bond acceptors (Lipinski definition) is 5. The highest BCUT2D eigenvalue weighted by atomic mass is 32.2. The van der Waals surface area contributed by atoms with E-state index in [4.69, 9.17) is 9.47 Å². The number of halogens is 3. The SMILES string of the molecule is CN(C(=O)CC12CC3CC(C1)CC(OCC1CO1)(C3)C2)S(=O)(=O)C(F)(F)F. The second kappa shape index (κ2) is 6.06. The quantitative estimate of drug-likeness (QED) is 0.628. The molecule has 4 saturated carbocycles. The van der Waals surface area contributed by atoms with Crippen molar-refractivity contribution in [3.05, 3.63) is 0 Å². The Morgan fingerprint density at radius 1 is 1.22 bits per heavy atom. The van der Waals surface area contributed by atoms with Gasteiger partial charge in [-0.2, -0.15) is 21.6 Å². The molecule has 0 aromatic heterocycles. The van der Waals surface area contributed by atoms with Crippen LogP contribution in [0.4, 0.5) is 13.2 Å². The van der Waals surface area contributed by atoms with Crippen LogP contribution < -0.4 is 0 Å². The predicted octanol–water partition coefficient (Wildman–Crippen LogP) is 2.44. The molecule has 5 aliphatic rings. The minimum atomic E-state index is -5.65. The second-order valence-corrected chi connectivity index (χ2v) is 10.9. The monoisotopic (exact) mass is 411 g/mol. The summed E-state index contributed by atoms with van der Waals surface area (Å²) >= 11 is 0. The first-order valence-corrected chi connectivity index (χ1v) is 10.7. The number of sulfonamides is 1. The van der Waals surface area contributed by atoms with Crippen LogP contribution in [0.25, 0.3) is 0 Å². The van der Waals surface area contributed by atoms with E-state index in [1.54, 1.807) is 0 Å². The van der Waals surface area contributed by atoms with Crippen molar-refractivity contribution in [1.82, 2.24) is 4.31 Å². The number of nitrogens with zero attached hydrogens (tertiary/aromatic N) is 1. The number of alkyl halides is 3. The number of ether oxygens (including phenoxy) is 2. The number of hydrogen-bond donors (Lipinski definition) is 0. The van der Waals surface area contributed by atoms with Crippen LogP contribution in [0.15, 0.2) is 0 Å². The summed E-state index contributed by atoms with van der Waals surface area (Å²) in [6.07, 6.45) is 4.91. The van der Waals surface area contributed by atoms with Gasteiger partial charge in [0.25, 0.3) is 0 Å². The maximum absolute atomic E-state index is 12.8. The molecule has 0 spiro atoms. The van der Waals surface area contributed by atoms with Crippen LogP contribution in [-0.2, 0) is 24.3 Å². The molecular weight excluding hydrogens is 387 g/mol. The Bertz CT molecular complexity index is 719. The van der Waals surface area contributed by atoms with Crippen LogP contribution >= 0.6 is 0 Å². The van der Waals surface area contributed by atoms with Gasteiger partial charge in [0.05, 0.1) is 18.8 Å². The van der Waals surface area contributed by atoms with Crippen molar-refractivity contribution in [2.24, 2.45) is 17.3 Å². The number of carbonyl (C=O) groups excluding carboxylic acids is 1. The molecule has 0 radical (unpaired) electrons. The van der Waals surface area contributed by atoms with Gasteiger partial charge in [-0.3, -0.25) is 4.79 Å². The summed E-state index contributed by atoms with van der Waals surface area (Å²) in [5.74, 6) is -0.234. The fraction of sp³-hybridized carbons (Fsp3) is 0.941. The highest BCUT2D eigenvalue weighted by molar-refractivity contribution is 7.90. The normalized spacial score (nSPS) is 40.2. The van der Waals surface area contributed by atoms with E-state index in [2.05, 4.69) is 0 Å². The Morgan fingerprint density at radius 2 is 1.81 bits per heavy atom. The number of rotatable bonds is 6. The lowest BCUT2D eigenvalue weighted by Crippen LogP contribution is -2.58. The molecule has 27 heavy (non-hydrogen) atoms. The van der Waals surface area contributed by atoms with Gasteiger partial charge in [0.15, 0.2) is 0 Å². The van der Waals surface area contributed by atoms with Gasteiger partial charge in [-0.25, -0.2) is 4.31 Å². The van der Waals surface area contributed by atoms with Crippen molar-refractivity contribution < 1.29 is 35.9 Å². The first-order valence-electron chi connectivity index (χ1n) is 9.27. The zero-order chi connectivity index (χ0) is 19.7. The average molecular weight is 411 g/mol. The minimum absolute atomic E-state index is 0.124. The molecule has 0 N–H and O–H groups in total. The number of amides is 1. The third kappa shape index (κ3) is 3.48. The molecule has 1 aliphatic heterocycles. The van der Waals surface area contributed by atoms with E-state index in [-0.39, 0.29) is 22.4 Å². The van der Waals surface area contributed by atoms with E-state index in [1.165, 1.54) is 0 Å². The summed E-state index contributed by atoms with van der Waals surface area (Å²) in [5.41, 5.74) is -6.30. The fourth-order valence-electron chi connectivity index (χ4n) is 5.90. The highest BCUT2D eigenvalue weighted by Gasteiger charge is 2.60. The molecule has 1 saturated heterocycles. The van der Waals surface area contributed by atoms with Crippen LogP contribution in [0.3, 0.4) is 0 Å². The maximum Gasteiger partial charge on any atom is 0.516 e. The van der Waals surface area contributed by atoms with Crippen molar-refractivity contribution in [1.29, 1.82) is 0 Å². The summed E-state index contributed by atoms with van der Waals surface area (Å²) in [6.45, 7) is 1.19. The van der Waals surface area contributed by atoms with Gasteiger partial charge in [-0.1, -0.05) is 0 Å². The van der Waals surface area contributed by atoms with Crippen molar-refractivity contribution in [3.8, 4) is 0 Å². The van der Waals surface area contributed by atoms with Gasteiger partial charge >= 0.3 is 15.5 Å². The summed E-state index contributed by atoms with van der Waals surface area (Å²) in [6, 6.07) is 0. The molecule has 0 aromatic rings. The third-order valence-corrected chi connectivity index (χ3v) is 8.15. The van der Waals surface area contributed by atoms with Crippen molar-refractivity contribution in [2.75, 3.05) is 20.3 Å². The highest BCUT2D eigenvalue weighted by Crippen LogP contribution is 2.64. The Hall–Kier alpha value is -0.870. The van der Waals surface area contributed by atoms with E-state index in [1.807, 2.05) is 0 Å². The predicted molar refractivity (Wildman–Crippen MR) is 87.9 cm³/mol. The topological polar surface area (TPSA) is 76.2 Å². The zero-order valence-corrected chi connectivity index (χ0v) is 15.9. The van der Waals surface area contributed by atoms with Crippen LogP contribution in [0, 0.1) is 17.3 Å². The third-order valence-electron chi connectivity index (χ3n) is 6.64. The Balaban J connectivity index is 1.50. The van der Waals surface area contributed by atoms with E-state index in [9.17, 15) is 26.4 Å². The summed E-state index contributed by atoms with van der Waals surface area (Å²) in [5, 5.41) is 0. The molecule has 1 amide bonds. The van der Waals surface area contributed by atoms with Gasteiger partial charge in [0.1, 0.15) is 6.10 Å². The lowest BCUT2D eigenvalue weighted by molar-refractivity contribution is -0.197. The lowest BCUT2D eigenvalue weighted by atomic mass is 9.47. The molecule has 5 fully saturated rings. The molecule has 1 heterocycles. The molecule has 3 unspecified atom stereocenters. The molecule has 4 aliphatic carbocycles. The smallest absolute Gasteiger partial charge is 0.372 e. The Labute approximate surface area is 156 Å². The van der Waals surface area contributed by atoms with Gasteiger partial charge in [-0.15, -0.1) is 0 Å². The minimum Gasteiger partial charge on any atom is -0.372 e. The zero-order valence-electron chi connectivity index (χ0n) is 15.1. The van der Waals surface area contributed by atoms with E-state index in [0.717, 1.165) is 32.1 Å². The van der Waals surface area contributed by atoms with Crippen molar-refractivity contribution >= 4 is 15.9 Å². The fourth-order valence-corrected chi connectivity index (χ4v) is 6.54. The molecule has 6 nitrogen and oxygen atoms in total. The molecule has 5 rings (SSSR count). The molecule has 0 aromatic carbocycles. The largest absolute Gasteiger partial charge is 0.516 e. The van der Waals surface area contributed by atoms with Gasteiger partial charge in [-0.05, 0) is 55.8 Å². The standard InChI is InChI=1S/C17H24F3NO5S/c1-21(27(23,24)17(18,19)20)14(22)7-15-3-11-2-12(4-15)6-16(5-11,10-15)26-9-13-8-25-13/h11-13H,2-10H2,1H3. The summed E-state index contributed by atoms with van der Waals surface area (Å²) in [4.78, 5) is 12.5. The van der Waals surface area contributed by atoms with E-state index in [0.29, 0.717) is 38.5 Å². The molecule has 154 valence electrons. The molecular formula is C17H24F3NO5S. The molecule has 3 atom stereocenters. The van der Waals surface area contributed by atoms with E-state index < -0.39 is 26.9 Å². The molecule has 4 bridgehead atoms. The maximum atomic E-state index is 12.8. The van der Waals surface area contributed by atoms with Crippen LogP contribution in [0.2, 0.25) is 0 Å². The number of carbonyl (C=O) groups is 1. The van der Waals surface area contributed by atoms with Gasteiger partial charge in [0, 0.05) is 13.5 Å². The van der Waals surface area contributed by atoms with Crippen LogP contribution in [-0.4, -0.2) is 56.1 Å². The summed E-state index contributed by atoms with van der Waals surface area (Å²) in [7, 11) is -4.95. The van der Waals surface area contributed by atoms with Crippen LogP contribution in [0.1, 0.15) is 44.9 Å². The Kier molecular flexibility index (Phi) is 4.37. The second-order valence-electron chi connectivity index (χ2n) is 8.90. The van der Waals surface area contributed by atoms with Crippen molar-refractivity contribution in [2.45, 2.75) is 62.2 Å². The number of epoxide rings is 1. The summed E-state index contributed by atoms with van der Waals surface area (Å²) < 4.78 is 72.7. The lowest BCUT2D eigenvalue weighted by Gasteiger charge is -2.61. The van der Waals surface area contributed by atoms with E-state index >= 15 is 0 Å². The van der Waals surface area contributed by atoms with Crippen molar-refractivity contribution in [3.63, 3.8) is 0 Å². The van der Waals surface area contributed by atoms with Crippen LogP contribution in [0.5, 0.6) is 0 Å².